The third-order valence-corrected chi connectivity index (χ3v) is 5.56. The average Bonchev–Trinajstić information content (AvgIpc) is 3.24. The Kier molecular flexibility index (Phi) is 7.02. The van der Waals surface area contributed by atoms with Crippen molar-refractivity contribution in [1.82, 2.24) is 9.78 Å². The van der Waals surface area contributed by atoms with Crippen molar-refractivity contribution in [2.45, 2.75) is 19.8 Å². The van der Waals surface area contributed by atoms with Crippen molar-refractivity contribution >= 4 is 29.2 Å². The number of ether oxygens (including phenoxy) is 1. The van der Waals surface area contributed by atoms with Crippen molar-refractivity contribution in [1.29, 1.82) is 0 Å². The van der Waals surface area contributed by atoms with Gasteiger partial charge in [0.1, 0.15) is 5.75 Å². The number of aromatic nitrogens is 2. The van der Waals surface area contributed by atoms with Gasteiger partial charge in [0.15, 0.2) is 0 Å². The van der Waals surface area contributed by atoms with E-state index in [0.29, 0.717) is 33.7 Å². The van der Waals surface area contributed by atoms with Crippen LogP contribution in [0.1, 0.15) is 18.9 Å². The van der Waals surface area contributed by atoms with E-state index in [9.17, 15) is 9.90 Å². The molecule has 4 aromatic rings. The molecule has 1 heterocycles. The molecular weight excluding hydrogens is 459 g/mol. The van der Waals surface area contributed by atoms with Gasteiger partial charge in [-0.15, -0.1) is 0 Å². The first-order valence-corrected chi connectivity index (χ1v) is 11.3. The molecule has 4 rings (SSSR count). The van der Waals surface area contributed by atoms with E-state index >= 15 is 0 Å². The van der Waals surface area contributed by atoms with Crippen LogP contribution in [0.2, 0.25) is 10.0 Å². The van der Waals surface area contributed by atoms with Gasteiger partial charge in [-0.3, -0.25) is 4.79 Å². The Morgan fingerprint density at radius 2 is 1.64 bits per heavy atom. The monoisotopic (exact) mass is 480 g/mol. The number of carboxylic acid groups (broad SMARTS) is 1. The molecule has 5 nitrogen and oxygen atoms in total. The van der Waals surface area contributed by atoms with Crippen LogP contribution in [0.15, 0.2) is 72.8 Å². The second-order valence-electron chi connectivity index (χ2n) is 7.56. The lowest BCUT2D eigenvalue weighted by molar-refractivity contribution is -0.136. The van der Waals surface area contributed by atoms with Crippen molar-refractivity contribution in [3.63, 3.8) is 0 Å². The largest absolute Gasteiger partial charge is 0.493 e. The lowest BCUT2D eigenvalue weighted by atomic mass is 10.0. The van der Waals surface area contributed by atoms with Crippen LogP contribution < -0.4 is 4.74 Å². The Balaban J connectivity index is 1.88. The van der Waals surface area contributed by atoms with E-state index in [2.05, 4.69) is 0 Å². The highest BCUT2D eigenvalue weighted by molar-refractivity contribution is 6.30. The topological polar surface area (TPSA) is 64.3 Å². The summed E-state index contributed by atoms with van der Waals surface area (Å²) in [6, 6.07) is 22.3. The van der Waals surface area contributed by atoms with Gasteiger partial charge in [0.05, 0.1) is 30.1 Å². The van der Waals surface area contributed by atoms with E-state index in [-0.39, 0.29) is 6.42 Å². The molecule has 3 aromatic carbocycles. The molecule has 0 aliphatic carbocycles. The zero-order chi connectivity index (χ0) is 23.4. The molecule has 1 aromatic heterocycles. The van der Waals surface area contributed by atoms with Gasteiger partial charge >= 0.3 is 5.97 Å². The van der Waals surface area contributed by atoms with Crippen LogP contribution in [-0.4, -0.2) is 27.5 Å². The minimum atomic E-state index is -0.892. The molecule has 1 N–H and O–H groups in total. The van der Waals surface area contributed by atoms with Gasteiger partial charge < -0.3 is 9.84 Å². The first-order valence-electron chi connectivity index (χ1n) is 10.5. The minimum absolute atomic E-state index is 0.0804. The molecule has 0 amide bonds. The molecule has 0 aliphatic rings. The van der Waals surface area contributed by atoms with E-state index in [1.54, 1.807) is 6.07 Å². The number of hydrogen-bond donors (Lipinski definition) is 1. The third kappa shape index (κ3) is 5.38. The molecule has 0 bridgehead atoms. The normalized spacial score (nSPS) is 10.9. The Labute approximate surface area is 202 Å². The Morgan fingerprint density at radius 1 is 0.970 bits per heavy atom. The van der Waals surface area contributed by atoms with E-state index in [0.717, 1.165) is 28.9 Å². The second kappa shape index (κ2) is 10.1. The van der Waals surface area contributed by atoms with Crippen molar-refractivity contribution < 1.29 is 14.6 Å². The summed E-state index contributed by atoms with van der Waals surface area (Å²) >= 11 is 12.2. The van der Waals surface area contributed by atoms with Gasteiger partial charge in [0.2, 0.25) is 0 Å². The molecule has 0 aliphatic heterocycles. The molecule has 0 fully saturated rings. The average molecular weight is 481 g/mol. The lowest BCUT2D eigenvalue weighted by Crippen LogP contribution is -2.03. The van der Waals surface area contributed by atoms with Gasteiger partial charge in [-0.25, -0.2) is 4.68 Å². The summed E-state index contributed by atoms with van der Waals surface area (Å²) < 4.78 is 7.80. The van der Waals surface area contributed by atoms with Gasteiger partial charge in [0.25, 0.3) is 0 Å². The first-order chi connectivity index (χ1) is 15.9. The third-order valence-electron chi connectivity index (χ3n) is 5.06. The zero-order valence-electron chi connectivity index (χ0n) is 18.0. The molecule has 7 heteroatoms. The predicted octanol–water partition coefficient (Wildman–Crippen LogP) is 6.93. The summed E-state index contributed by atoms with van der Waals surface area (Å²) in [5, 5.41) is 15.4. The van der Waals surface area contributed by atoms with Gasteiger partial charge in [0, 0.05) is 21.2 Å². The SMILES string of the molecule is CCCOc1ccc(CC(=O)O)cc1-c1cc(-c2ccc(Cl)cc2)n(-c2ccc(Cl)cc2)n1. The summed E-state index contributed by atoms with van der Waals surface area (Å²) in [6.45, 7) is 2.58. The van der Waals surface area contributed by atoms with Crippen LogP contribution in [0.3, 0.4) is 0 Å². The number of rotatable bonds is 8. The van der Waals surface area contributed by atoms with Gasteiger partial charge in [-0.1, -0.05) is 48.3 Å². The molecule has 0 atom stereocenters. The number of halogens is 2. The number of nitrogens with zero attached hydrogens (tertiary/aromatic N) is 2. The van der Waals surface area contributed by atoms with Gasteiger partial charge in [-0.2, -0.15) is 5.10 Å². The van der Waals surface area contributed by atoms with Crippen molar-refractivity contribution in [2.75, 3.05) is 6.61 Å². The number of benzene rings is 3. The Hall–Kier alpha value is -3.28. The lowest BCUT2D eigenvalue weighted by Gasteiger charge is -2.11. The maximum absolute atomic E-state index is 11.3. The summed E-state index contributed by atoms with van der Waals surface area (Å²) in [5.41, 5.74) is 4.72. The molecule has 168 valence electrons. The van der Waals surface area contributed by atoms with E-state index in [4.69, 9.17) is 33.0 Å². The summed E-state index contributed by atoms with van der Waals surface area (Å²) in [7, 11) is 0. The number of carbonyl (C=O) groups is 1. The standard InChI is InChI=1S/C26H22Cl2N2O3/c1-2-13-33-25-12-3-17(15-26(31)32)14-22(25)23-16-24(18-4-6-19(27)7-5-18)30(29-23)21-10-8-20(28)9-11-21/h3-12,14,16H,2,13,15H2,1H3,(H,31,32). The van der Waals surface area contributed by atoms with Crippen LogP contribution in [0, 0.1) is 0 Å². The fraction of sp³-hybridized carbons (Fsp3) is 0.154. The molecule has 0 unspecified atom stereocenters. The Bertz CT molecular complexity index is 1200. The number of carboxylic acids is 1. The second-order valence-corrected chi connectivity index (χ2v) is 8.43. The highest BCUT2D eigenvalue weighted by atomic mass is 35.5. The summed E-state index contributed by atoms with van der Waals surface area (Å²) in [4.78, 5) is 11.3. The van der Waals surface area contributed by atoms with Crippen LogP contribution >= 0.6 is 23.2 Å². The summed E-state index contributed by atoms with van der Waals surface area (Å²) in [5.74, 6) is -0.230. The molecular formula is C26H22Cl2N2O3. The van der Waals surface area contributed by atoms with Crippen molar-refractivity contribution in [2.24, 2.45) is 0 Å². The first kappa shape index (κ1) is 22.9. The van der Waals surface area contributed by atoms with Crippen LogP contribution in [-0.2, 0) is 11.2 Å². The number of hydrogen-bond acceptors (Lipinski definition) is 3. The van der Waals surface area contributed by atoms with E-state index < -0.39 is 5.97 Å². The molecule has 33 heavy (non-hydrogen) atoms. The smallest absolute Gasteiger partial charge is 0.307 e. The highest BCUT2D eigenvalue weighted by Gasteiger charge is 2.17. The highest BCUT2D eigenvalue weighted by Crippen LogP contribution is 2.35. The fourth-order valence-electron chi connectivity index (χ4n) is 3.52. The molecule has 0 radical (unpaired) electrons. The summed E-state index contributed by atoms with van der Waals surface area (Å²) in [6.07, 6.45) is 0.772. The van der Waals surface area contributed by atoms with E-state index in [1.807, 2.05) is 78.3 Å². The van der Waals surface area contributed by atoms with Crippen molar-refractivity contribution in [3.05, 3.63) is 88.4 Å². The fourth-order valence-corrected chi connectivity index (χ4v) is 3.77. The van der Waals surface area contributed by atoms with Crippen molar-refractivity contribution in [3.8, 4) is 34.0 Å². The molecule has 0 spiro atoms. The minimum Gasteiger partial charge on any atom is -0.493 e. The van der Waals surface area contributed by atoms with Crippen LogP contribution in [0.25, 0.3) is 28.2 Å². The molecule has 0 saturated heterocycles. The maximum atomic E-state index is 11.3. The quantitative estimate of drug-likeness (QED) is 0.297. The number of aliphatic carboxylic acids is 1. The van der Waals surface area contributed by atoms with Crippen LogP contribution in [0.4, 0.5) is 0 Å². The predicted molar refractivity (Wildman–Crippen MR) is 132 cm³/mol. The van der Waals surface area contributed by atoms with Crippen LogP contribution in [0.5, 0.6) is 5.75 Å². The molecule has 0 saturated carbocycles. The zero-order valence-corrected chi connectivity index (χ0v) is 19.5. The van der Waals surface area contributed by atoms with E-state index in [1.165, 1.54) is 0 Å². The Morgan fingerprint density at radius 3 is 2.27 bits per heavy atom. The van der Waals surface area contributed by atoms with Gasteiger partial charge in [-0.05, 0) is 66.6 Å². The maximum Gasteiger partial charge on any atom is 0.307 e.